The molecule has 0 bridgehead atoms. The predicted molar refractivity (Wildman–Crippen MR) is 93.5 cm³/mol. The van der Waals surface area contributed by atoms with Crippen LogP contribution >= 0.6 is 11.6 Å². The summed E-state index contributed by atoms with van der Waals surface area (Å²) in [5, 5.41) is 0.242. The van der Waals surface area contributed by atoms with Crippen molar-refractivity contribution in [2.45, 2.75) is 17.4 Å². The molecule has 1 atom stereocenters. The van der Waals surface area contributed by atoms with Crippen LogP contribution in [0.1, 0.15) is 16.8 Å². The van der Waals surface area contributed by atoms with Gasteiger partial charge in [0.25, 0.3) is 10.0 Å². The molecule has 1 fully saturated rings. The number of benzene rings is 2. The molecule has 0 aromatic heterocycles. The Kier molecular flexibility index (Phi) is 5.15. The van der Waals surface area contributed by atoms with E-state index in [1.807, 2.05) is 0 Å². The molecule has 2 aromatic carbocycles. The van der Waals surface area contributed by atoms with Crippen LogP contribution in [0.25, 0.3) is 0 Å². The largest absolute Gasteiger partial charge is 0.463 e. The minimum Gasteiger partial charge on any atom is -0.463 e. The SMILES string of the molecule is O=C(O[C@H]1CCOC1=O)c1cccc(S(=O)(=O)Nc2ccccc2Cl)c1. The van der Waals surface area contributed by atoms with Crippen molar-refractivity contribution < 1.29 is 27.5 Å². The number of hydrogen-bond acceptors (Lipinski definition) is 6. The van der Waals surface area contributed by atoms with Gasteiger partial charge < -0.3 is 9.47 Å². The average molecular weight is 396 g/mol. The first-order valence-electron chi connectivity index (χ1n) is 7.62. The van der Waals surface area contributed by atoms with E-state index in [9.17, 15) is 18.0 Å². The lowest BCUT2D eigenvalue weighted by atomic mass is 10.2. The van der Waals surface area contributed by atoms with Crippen LogP contribution < -0.4 is 4.72 Å². The highest BCUT2D eigenvalue weighted by molar-refractivity contribution is 7.92. The molecule has 2 aromatic rings. The third-order valence-corrected chi connectivity index (χ3v) is 5.33. The van der Waals surface area contributed by atoms with Crippen LogP contribution in [-0.4, -0.2) is 33.1 Å². The van der Waals surface area contributed by atoms with E-state index >= 15 is 0 Å². The van der Waals surface area contributed by atoms with Gasteiger partial charge in [-0.05, 0) is 30.3 Å². The summed E-state index contributed by atoms with van der Waals surface area (Å²) in [6.07, 6.45) is -0.694. The molecule has 1 heterocycles. The molecule has 136 valence electrons. The minimum atomic E-state index is -3.96. The Morgan fingerprint density at radius 3 is 2.65 bits per heavy atom. The molecular weight excluding hydrogens is 382 g/mol. The Morgan fingerprint density at radius 1 is 1.19 bits per heavy atom. The van der Waals surface area contributed by atoms with Gasteiger partial charge in [-0.3, -0.25) is 4.72 Å². The molecule has 0 unspecified atom stereocenters. The second kappa shape index (κ2) is 7.35. The van der Waals surface area contributed by atoms with Gasteiger partial charge >= 0.3 is 11.9 Å². The van der Waals surface area contributed by atoms with Gasteiger partial charge in [0.15, 0.2) is 0 Å². The Morgan fingerprint density at radius 2 is 1.96 bits per heavy atom. The van der Waals surface area contributed by atoms with E-state index in [1.54, 1.807) is 18.2 Å². The molecular formula is C17H14ClNO6S. The average Bonchev–Trinajstić information content (AvgIpc) is 3.02. The summed E-state index contributed by atoms with van der Waals surface area (Å²) in [5.74, 6) is -1.41. The molecule has 0 radical (unpaired) electrons. The third-order valence-electron chi connectivity index (χ3n) is 3.63. The molecule has 0 amide bonds. The van der Waals surface area contributed by atoms with Gasteiger partial charge in [-0.2, -0.15) is 0 Å². The van der Waals surface area contributed by atoms with E-state index in [0.29, 0.717) is 0 Å². The van der Waals surface area contributed by atoms with Crippen molar-refractivity contribution in [1.29, 1.82) is 0 Å². The first-order valence-corrected chi connectivity index (χ1v) is 9.48. The molecule has 0 aliphatic carbocycles. The number of carbonyl (C=O) groups is 2. The number of sulfonamides is 1. The zero-order valence-electron chi connectivity index (χ0n) is 13.3. The molecule has 1 saturated heterocycles. The first-order chi connectivity index (χ1) is 12.4. The van der Waals surface area contributed by atoms with Crippen LogP contribution in [-0.2, 0) is 24.3 Å². The number of nitrogens with one attached hydrogen (secondary N) is 1. The van der Waals surface area contributed by atoms with Crippen LogP contribution in [0.3, 0.4) is 0 Å². The van der Waals surface area contributed by atoms with Gasteiger partial charge in [-0.25, -0.2) is 18.0 Å². The fourth-order valence-electron chi connectivity index (χ4n) is 2.32. The maximum Gasteiger partial charge on any atom is 0.347 e. The number of halogens is 1. The monoisotopic (exact) mass is 395 g/mol. The van der Waals surface area contributed by atoms with E-state index in [-0.39, 0.29) is 34.2 Å². The van der Waals surface area contributed by atoms with E-state index in [0.717, 1.165) is 0 Å². The van der Waals surface area contributed by atoms with Gasteiger partial charge in [0.2, 0.25) is 6.10 Å². The molecule has 1 N–H and O–H groups in total. The lowest BCUT2D eigenvalue weighted by Crippen LogP contribution is -2.23. The van der Waals surface area contributed by atoms with E-state index < -0.39 is 28.1 Å². The van der Waals surface area contributed by atoms with Crippen molar-refractivity contribution >= 4 is 39.3 Å². The summed E-state index contributed by atoms with van der Waals surface area (Å²) in [5.41, 5.74) is 0.225. The summed E-state index contributed by atoms with van der Waals surface area (Å²) in [6.45, 7) is 0.187. The molecule has 0 saturated carbocycles. The summed E-state index contributed by atoms with van der Waals surface area (Å²) in [6, 6.07) is 11.7. The highest BCUT2D eigenvalue weighted by atomic mass is 35.5. The van der Waals surface area contributed by atoms with Crippen molar-refractivity contribution in [2.24, 2.45) is 0 Å². The van der Waals surface area contributed by atoms with Crippen LogP contribution in [0.15, 0.2) is 53.4 Å². The standard InChI is InChI=1S/C17H14ClNO6S/c18-13-6-1-2-7-14(13)19-26(22,23)12-5-3-4-11(10-12)16(20)25-15-8-9-24-17(15)21/h1-7,10,15,19H,8-9H2/t15-/m0/s1. The van der Waals surface area contributed by atoms with Gasteiger partial charge in [0, 0.05) is 6.42 Å². The topological polar surface area (TPSA) is 98.8 Å². The number of hydrogen-bond donors (Lipinski definition) is 1. The van der Waals surface area contributed by atoms with E-state index in [4.69, 9.17) is 21.1 Å². The fraction of sp³-hybridized carbons (Fsp3) is 0.176. The van der Waals surface area contributed by atoms with Gasteiger partial charge in [0.05, 0.1) is 27.8 Å². The fourth-order valence-corrected chi connectivity index (χ4v) is 3.68. The number of ether oxygens (including phenoxy) is 2. The number of para-hydroxylation sites is 1. The number of esters is 2. The van der Waals surface area contributed by atoms with Crippen LogP contribution in [0.2, 0.25) is 5.02 Å². The molecule has 3 rings (SSSR count). The first kappa shape index (κ1) is 18.2. The zero-order chi connectivity index (χ0) is 18.7. The molecule has 7 nitrogen and oxygen atoms in total. The molecule has 26 heavy (non-hydrogen) atoms. The second-order valence-corrected chi connectivity index (χ2v) is 7.55. The summed E-state index contributed by atoms with van der Waals surface area (Å²) >= 11 is 5.96. The lowest BCUT2D eigenvalue weighted by Gasteiger charge is -2.11. The van der Waals surface area contributed by atoms with Crippen molar-refractivity contribution in [3.8, 4) is 0 Å². The Hall–Kier alpha value is -2.58. The molecule has 9 heteroatoms. The van der Waals surface area contributed by atoms with Gasteiger partial charge in [0.1, 0.15) is 0 Å². The highest BCUT2D eigenvalue weighted by Crippen LogP contribution is 2.24. The summed E-state index contributed by atoms with van der Waals surface area (Å²) in [7, 11) is -3.96. The normalized spacial score (nSPS) is 16.8. The van der Waals surface area contributed by atoms with Crippen LogP contribution in [0.5, 0.6) is 0 Å². The predicted octanol–water partition coefficient (Wildman–Crippen LogP) is 2.61. The Bertz CT molecular complexity index is 959. The maximum absolute atomic E-state index is 12.5. The molecule has 1 aliphatic heterocycles. The van der Waals surface area contributed by atoms with Crippen molar-refractivity contribution in [3.05, 3.63) is 59.1 Å². The summed E-state index contributed by atoms with van der Waals surface area (Å²) in [4.78, 5) is 23.4. The molecule has 0 spiro atoms. The highest BCUT2D eigenvalue weighted by Gasteiger charge is 2.30. The van der Waals surface area contributed by atoms with Crippen molar-refractivity contribution in [3.63, 3.8) is 0 Å². The quantitative estimate of drug-likeness (QED) is 0.781. The molecule has 1 aliphatic rings. The number of anilines is 1. The Balaban J connectivity index is 1.80. The minimum absolute atomic E-state index is 0.00623. The van der Waals surface area contributed by atoms with Crippen LogP contribution in [0.4, 0.5) is 5.69 Å². The summed E-state index contributed by atoms with van der Waals surface area (Å²) < 4.78 is 37.2. The smallest absolute Gasteiger partial charge is 0.347 e. The number of carbonyl (C=O) groups excluding carboxylic acids is 2. The van der Waals surface area contributed by atoms with Gasteiger partial charge in [-0.1, -0.05) is 29.8 Å². The lowest BCUT2D eigenvalue weighted by molar-refractivity contribution is -0.145. The second-order valence-electron chi connectivity index (χ2n) is 5.46. The number of rotatable bonds is 5. The van der Waals surface area contributed by atoms with Gasteiger partial charge in [-0.15, -0.1) is 0 Å². The van der Waals surface area contributed by atoms with Crippen molar-refractivity contribution in [2.75, 3.05) is 11.3 Å². The van der Waals surface area contributed by atoms with E-state index in [1.165, 1.54) is 30.3 Å². The maximum atomic E-state index is 12.5. The van der Waals surface area contributed by atoms with Crippen LogP contribution in [0, 0.1) is 0 Å². The Labute approximate surface area is 154 Å². The van der Waals surface area contributed by atoms with Crippen molar-refractivity contribution in [1.82, 2.24) is 0 Å². The zero-order valence-corrected chi connectivity index (χ0v) is 14.9. The van der Waals surface area contributed by atoms with E-state index in [2.05, 4.69) is 4.72 Å². The number of cyclic esters (lactones) is 1. The third kappa shape index (κ3) is 3.97.